The molecule has 3 heteroatoms. The summed E-state index contributed by atoms with van der Waals surface area (Å²) in [6.45, 7) is 6.44. The van der Waals surface area contributed by atoms with E-state index in [1.165, 1.54) is 0 Å². The van der Waals surface area contributed by atoms with Gasteiger partial charge in [-0.15, -0.1) is 6.58 Å². The van der Waals surface area contributed by atoms with Crippen molar-refractivity contribution in [2.24, 2.45) is 0 Å². The molecule has 0 spiro atoms. The fraction of sp³-hybridized carbons (Fsp3) is 0.214. The SMILES string of the molecule is C=CCN(C)c1ccc(/C=C/C(=O)O)c(C)c1. The molecule has 0 aliphatic heterocycles. The van der Waals surface area contributed by atoms with Crippen molar-refractivity contribution < 1.29 is 9.90 Å². The van der Waals surface area contributed by atoms with Gasteiger partial charge in [-0.25, -0.2) is 4.79 Å². The molecule has 1 rings (SSSR count). The summed E-state index contributed by atoms with van der Waals surface area (Å²) < 4.78 is 0. The maximum Gasteiger partial charge on any atom is 0.328 e. The summed E-state index contributed by atoms with van der Waals surface area (Å²) >= 11 is 0. The van der Waals surface area contributed by atoms with Gasteiger partial charge in [0, 0.05) is 25.4 Å². The van der Waals surface area contributed by atoms with Crippen LogP contribution in [0, 0.1) is 6.92 Å². The predicted octanol–water partition coefficient (Wildman–Crippen LogP) is 2.72. The van der Waals surface area contributed by atoms with E-state index in [4.69, 9.17) is 5.11 Å². The van der Waals surface area contributed by atoms with Crippen LogP contribution in [0.4, 0.5) is 5.69 Å². The van der Waals surface area contributed by atoms with Gasteiger partial charge in [0.25, 0.3) is 0 Å². The van der Waals surface area contributed by atoms with Gasteiger partial charge in [0.1, 0.15) is 0 Å². The van der Waals surface area contributed by atoms with E-state index in [1.807, 2.05) is 38.2 Å². The third kappa shape index (κ3) is 3.79. The molecule has 1 aromatic rings. The Kier molecular flexibility index (Phi) is 4.52. The van der Waals surface area contributed by atoms with Crippen LogP contribution in [0.1, 0.15) is 11.1 Å². The highest BCUT2D eigenvalue weighted by Gasteiger charge is 2.01. The minimum atomic E-state index is -0.933. The molecule has 90 valence electrons. The number of carboxylic acid groups (broad SMARTS) is 1. The van der Waals surface area contributed by atoms with Crippen molar-refractivity contribution in [2.45, 2.75) is 6.92 Å². The van der Waals surface area contributed by atoms with Crippen molar-refractivity contribution in [1.82, 2.24) is 0 Å². The summed E-state index contributed by atoms with van der Waals surface area (Å²) in [7, 11) is 1.99. The molecule has 0 radical (unpaired) electrons. The highest BCUT2D eigenvalue weighted by Crippen LogP contribution is 2.19. The molecular weight excluding hydrogens is 214 g/mol. The molecule has 0 amide bonds. The van der Waals surface area contributed by atoms with E-state index in [1.54, 1.807) is 6.08 Å². The Balaban J connectivity index is 2.93. The maximum atomic E-state index is 10.4. The third-order valence-corrected chi connectivity index (χ3v) is 2.50. The van der Waals surface area contributed by atoms with Crippen molar-refractivity contribution in [1.29, 1.82) is 0 Å². The van der Waals surface area contributed by atoms with Gasteiger partial charge < -0.3 is 10.0 Å². The number of carboxylic acids is 1. The molecule has 1 N–H and O–H groups in total. The molecule has 0 aromatic heterocycles. The molecule has 0 saturated carbocycles. The second-order valence-electron chi connectivity index (χ2n) is 3.88. The third-order valence-electron chi connectivity index (χ3n) is 2.50. The van der Waals surface area contributed by atoms with E-state index in [0.29, 0.717) is 0 Å². The Morgan fingerprint density at radius 3 is 2.76 bits per heavy atom. The van der Waals surface area contributed by atoms with Crippen LogP contribution in [0.5, 0.6) is 0 Å². The number of anilines is 1. The average Bonchev–Trinajstić information content (AvgIpc) is 2.27. The minimum absolute atomic E-state index is 0.781. The van der Waals surface area contributed by atoms with E-state index in [9.17, 15) is 4.79 Å². The van der Waals surface area contributed by atoms with Crippen LogP contribution in [-0.2, 0) is 4.79 Å². The van der Waals surface area contributed by atoms with E-state index < -0.39 is 5.97 Å². The van der Waals surface area contributed by atoms with Gasteiger partial charge in [0.05, 0.1) is 0 Å². The fourth-order valence-corrected chi connectivity index (χ4v) is 1.54. The van der Waals surface area contributed by atoms with Crippen molar-refractivity contribution in [3.05, 3.63) is 48.1 Å². The number of likely N-dealkylation sites (N-methyl/N-ethyl adjacent to an activating group) is 1. The summed E-state index contributed by atoms with van der Waals surface area (Å²) in [6.07, 6.45) is 4.60. The molecule has 0 aliphatic carbocycles. The summed E-state index contributed by atoms with van der Waals surface area (Å²) in [5.74, 6) is -0.933. The fourth-order valence-electron chi connectivity index (χ4n) is 1.54. The maximum absolute atomic E-state index is 10.4. The molecule has 3 nitrogen and oxygen atoms in total. The molecule has 0 aliphatic rings. The van der Waals surface area contributed by atoms with Crippen molar-refractivity contribution in [3.63, 3.8) is 0 Å². The Morgan fingerprint density at radius 2 is 2.24 bits per heavy atom. The molecule has 0 atom stereocenters. The number of aliphatic carboxylic acids is 1. The van der Waals surface area contributed by atoms with Gasteiger partial charge in [-0.2, -0.15) is 0 Å². The second-order valence-corrected chi connectivity index (χ2v) is 3.88. The Bertz CT molecular complexity index is 450. The Hall–Kier alpha value is -2.03. The normalized spacial score (nSPS) is 10.5. The zero-order valence-electron chi connectivity index (χ0n) is 10.2. The lowest BCUT2D eigenvalue weighted by Crippen LogP contribution is -2.16. The number of rotatable bonds is 5. The molecule has 0 bridgehead atoms. The molecule has 0 saturated heterocycles. The smallest absolute Gasteiger partial charge is 0.328 e. The first-order chi connectivity index (χ1) is 8.04. The van der Waals surface area contributed by atoms with Crippen molar-refractivity contribution >= 4 is 17.7 Å². The first kappa shape index (κ1) is 13.0. The largest absolute Gasteiger partial charge is 0.478 e. The van der Waals surface area contributed by atoms with Crippen molar-refractivity contribution in [3.8, 4) is 0 Å². The first-order valence-corrected chi connectivity index (χ1v) is 5.38. The van der Waals surface area contributed by atoms with E-state index >= 15 is 0 Å². The van der Waals surface area contributed by atoms with Crippen LogP contribution < -0.4 is 4.90 Å². The van der Waals surface area contributed by atoms with Crippen LogP contribution in [0.15, 0.2) is 36.9 Å². The number of carbonyl (C=O) groups is 1. The summed E-state index contributed by atoms with van der Waals surface area (Å²) in [6, 6.07) is 5.92. The van der Waals surface area contributed by atoms with Crippen LogP contribution in [-0.4, -0.2) is 24.7 Å². The van der Waals surface area contributed by atoms with Crippen LogP contribution in [0.3, 0.4) is 0 Å². The van der Waals surface area contributed by atoms with Gasteiger partial charge in [-0.1, -0.05) is 12.1 Å². The van der Waals surface area contributed by atoms with Gasteiger partial charge in [0.2, 0.25) is 0 Å². The molecular formula is C14H17NO2. The molecule has 0 fully saturated rings. The summed E-state index contributed by atoms with van der Waals surface area (Å²) in [5.41, 5.74) is 3.06. The monoisotopic (exact) mass is 231 g/mol. The molecule has 0 unspecified atom stereocenters. The summed E-state index contributed by atoms with van der Waals surface area (Å²) in [4.78, 5) is 12.5. The standard InChI is InChI=1S/C14H17NO2/c1-4-9-15(3)13-7-5-12(11(2)10-13)6-8-14(16)17/h4-8,10H,1,9H2,2-3H3,(H,16,17)/b8-6+. The Labute approximate surface area is 102 Å². The van der Waals surface area contributed by atoms with Gasteiger partial charge in [-0.3, -0.25) is 0 Å². The van der Waals surface area contributed by atoms with Gasteiger partial charge in [0.15, 0.2) is 0 Å². The number of hydrogen-bond acceptors (Lipinski definition) is 2. The van der Waals surface area contributed by atoms with E-state index in [0.717, 1.165) is 29.4 Å². The van der Waals surface area contributed by atoms with Gasteiger partial charge in [-0.05, 0) is 36.3 Å². The quantitative estimate of drug-likeness (QED) is 0.625. The zero-order valence-corrected chi connectivity index (χ0v) is 10.2. The lowest BCUT2D eigenvalue weighted by Gasteiger charge is -2.18. The topological polar surface area (TPSA) is 40.5 Å². The van der Waals surface area contributed by atoms with Crippen LogP contribution in [0.2, 0.25) is 0 Å². The Morgan fingerprint density at radius 1 is 1.53 bits per heavy atom. The summed E-state index contributed by atoms with van der Waals surface area (Å²) in [5, 5.41) is 8.57. The number of benzene rings is 1. The predicted molar refractivity (Wildman–Crippen MR) is 71.3 cm³/mol. The number of nitrogens with zero attached hydrogens (tertiary/aromatic N) is 1. The van der Waals surface area contributed by atoms with E-state index in [-0.39, 0.29) is 0 Å². The highest BCUT2D eigenvalue weighted by atomic mass is 16.4. The molecule has 1 aromatic carbocycles. The van der Waals surface area contributed by atoms with Crippen LogP contribution in [0.25, 0.3) is 6.08 Å². The zero-order chi connectivity index (χ0) is 12.8. The lowest BCUT2D eigenvalue weighted by atomic mass is 10.1. The van der Waals surface area contributed by atoms with E-state index in [2.05, 4.69) is 11.5 Å². The minimum Gasteiger partial charge on any atom is -0.478 e. The first-order valence-electron chi connectivity index (χ1n) is 5.38. The van der Waals surface area contributed by atoms with Gasteiger partial charge >= 0.3 is 5.97 Å². The average molecular weight is 231 g/mol. The molecule has 0 heterocycles. The molecule has 17 heavy (non-hydrogen) atoms. The second kappa shape index (κ2) is 5.89. The lowest BCUT2D eigenvalue weighted by molar-refractivity contribution is -0.131. The number of hydrogen-bond donors (Lipinski definition) is 1. The number of aryl methyl sites for hydroxylation is 1. The van der Waals surface area contributed by atoms with Crippen molar-refractivity contribution in [2.75, 3.05) is 18.5 Å². The highest BCUT2D eigenvalue weighted by molar-refractivity contribution is 5.85. The van der Waals surface area contributed by atoms with Crippen LogP contribution >= 0.6 is 0 Å².